The molecular weight excluding hydrogens is 340 g/mol. The predicted molar refractivity (Wildman–Crippen MR) is 90.6 cm³/mol. The van der Waals surface area contributed by atoms with E-state index in [0.29, 0.717) is 6.42 Å². The van der Waals surface area contributed by atoms with Crippen LogP contribution in [0.15, 0.2) is 38.0 Å². The van der Waals surface area contributed by atoms with E-state index in [1.54, 1.807) is 13.8 Å². The zero-order valence-electron chi connectivity index (χ0n) is 14.3. The summed E-state index contributed by atoms with van der Waals surface area (Å²) in [6.07, 6.45) is 3.07. The molecule has 10 nitrogen and oxygen atoms in total. The molecule has 0 bridgehead atoms. The molecule has 0 aliphatic carbocycles. The number of carboxylic acids is 3. The topological polar surface area (TPSA) is 193 Å². The van der Waals surface area contributed by atoms with Crippen molar-refractivity contribution in [1.82, 2.24) is 0 Å². The fourth-order valence-corrected chi connectivity index (χ4v) is 0.335. The van der Waals surface area contributed by atoms with Gasteiger partial charge in [-0.1, -0.05) is 26.7 Å². The zero-order chi connectivity index (χ0) is 21.5. The Hall–Kier alpha value is -2.53. The van der Waals surface area contributed by atoms with Gasteiger partial charge in [-0.3, -0.25) is 0 Å². The van der Waals surface area contributed by atoms with E-state index < -0.39 is 23.9 Å². The quantitative estimate of drug-likeness (QED) is 0.260. The molecule has 7 N–H and O–H groups in total. The first kappa shape index (κ1) is 33.9. The van der Waals surface area contributed by atoms with Crippen LogP contribution in [0.25, 0.3) is 0 Å². The second kappa shape index (κ2) is 26.4. The maximum Gasteiger partial charge on any atom is 0.327 e. The normalized spacial score (nSPS) is 7.92. The van der Waals surface area contributed by atoms with Gasteiger partial charge in [0.2, 0.25) is 0 Å². The second-order valence-electron chi connectivity index (χ2n) is 3.47. The summed E-state index contributed by atoms with van der Waals surface area (Å²) in [7, 11) is 0. The summed E-state index contributed by atoms with van der Waals surface area (Å²) >= 11 is 0. The molecule has 0 unspecified atom stereocenters. The third-order valence-electron chi connectivity index (χ3n) is 1.11. The Bertz CT molecular complexity index is 326. The van der Waals surface area contributed by atoms with Gasteiger partial charge in [0.25, 0.3) is 5.97 Å². The van der Waals surface area contributed by atoms with Gasteiger partial charge in [0.15, 0.2) is 0 Å². The van der Waals surface area contributed by atoms with E-state index in [9.17, 15) is 14.4 Å². The highest BCUT2D eigenvalue weighted by molar-refractivity contribution is 5.79. The average Bonchev–Trinajstić information content (AvgIpc) is 2.48. The van der Waals surface area contributed by atoms with Crippen LogP contribution in [0.3, 0.4) is 0 Å². The largest absolute Gasteiger partial charge is 0.478 e. The van der Waals surface area contributed by atoms with E-state index in [1.165, 1.54) is 0 Å². The molecule has 0 spiro atoms. The lowest BCUT2D eigenvalue weighted by Crippen LogP contribution is -2.26. The third-order valence-corrected chi connectivity index (χ3v) is 1.11. The van der Waals surface area contributed by atoms with Crippen LogP contribution in [0, 0.1) is 0 Å². The number of carboxylic acid groups (broad SMARTS) is 3. The monoisotopic (exact) mass is 368 g/mol. The standard InChI is InChI=1S/C4H10O3.3C3H4O2.C2H6O/c1-2-3-4(5,6)7;3*1-2-3(4)5;1-2-3/h5-7H,2-3H2,1H3;3*2H,1H2,(H,4,5);3H,2H2,1H3. The number of aliphatic hydroxyl groups excluding tert-OH is 1. The number of aliphatic carboxylic acids is 3. The number of hydrogen-bond donors (Lipinski definition) is 7. The number of carbonyl (C=O) groups is 3. The van der Waals surface area contributed by atoms with E-state index in [0.717, 1.165) is 18.2 Å². The molecule has 0 aliphatic heterocycles. The van der Waals surface area contributed by atoms with Crippen molar-refractivity contribution < 1.29 is 50.1 Å². The fourth-order valence-electron chi connectivity index (χ4n) is 0.335. The van der Waals surface area contributed by atoms with E-state index in [1.807, 2.05) is 0 Å². The molecule has 0 saturated heterocycles. The average molecular weight is 368 g/mol. The minimum atomic E-state index is -2.45. The van der Waals surface area contributed by atoms with Crippen molar-refractivity contribution in [3.8, 4) is 0 Å². The Kier molecular flexibility index (Phi) is 35.8. The molecule has 0 atom stereocenters. The molecule has 148 valence electrons. The molecule has 0 rings (SSSR count). The van der Waals surface area contributed by atoms with Gasteiger partial charge in [-0.15, -0.1) is 0 Å². The van der Waals surface area contributed by atoms with Crippen LogP contribution in [0.5, 0.6) is 0 Å². The van der Waals surface area contributed by atoms with Gasteiger partial charge in [0.05, 0.1) is 0 Å². The molecular formula is C15H28O10. The van der Waals surface area contributed by atoms with Crippen molar-refractivity contribution in [3.63, 3.8) is 0 Å². The lowest BCUT2D eigenvalue weighted by atomic mass is 10.3. The van der Waals surface area contributed by atoms with E-state index >= 15 is 0 Å². The molecule has 0 aromatic carbocycles. The third kappa shape index (κ3) is 146. The predicted octanol–water partition coefficient (Wildman–Crippen LogP) is 0.187. The Balaban J connectivity index is -0.0000000683. The summed E-state index contributed by atoms with van der Waals surface area (Å²) in [5.74, 6) is -5.39. The first-order chi connectivity index (χ1) is 11.3. The van der Waals surface area contributed by atoms with Gasteiger partial charge in [-0.05, 0) is 13.3 Å². The molecule has 0 saturated carbocycles. The molecule has 0 heterocycles. The molecule has 0 fully saturated rings. The zero-order valence-corrected chi connectivity index (χ0v) is 14.3. The van der Waals surface area contributed by atoms with E-state index in [4.69, 9.17) is 35.7 Å². The minimum absolute atomic E-state index is 0.00694. The highest BCUT2D eigenvalue weighted by Crippen LogP contribution is 2.01. The Morgan fingerprint density at radius 3 is 0.960 bits per heavy atom. The van der Waals surface area contributed by atoms with Crippen LogP contribution < -0.4 is 0 Å². The molecule has 0 aliphatic rings. The van der Waals surface area contributed by atoms with Gasteiger partial charge < -0.3 is 35.7 Å². The fraction of sp³-hybridized carbons (Fsp3) is 0.400. The van der Waals surface area contributed by atoms with Gasteiger partial charge >= 0.3 is 17.9 Å². The Labute approximate surface area is 146 Å². The first-order valence-corrected chi connectivity index (χ1v) is 6.63. The van der Waals surface area contributed by atoms with Gasteiger partial charge in [-0.25, -0.2) is 14.4 Å². The van der Waals surface area contributed by atoms with E-state index in [2.05, 4.69) is 19.7 Å². The van der Waals surface area contributed by atoms with Crippen molar-refractivity contribution in [2.24, 2.45) is 0 Å². The summed E-state index contributed by atoms with van der Waals surface area (Å²) < 4.78 is 0. The minimum Gasteiger partial charge on any atom is -0.478 e. The number of hydrogen-bond acceptors (Lipinski definition) is 7. The molecule has 0 amide bonds. The number of aliphatic hydroxyl groups is 4. The number of rotatable bonds is 5. The van der Waals surface area contributed by atoms with Gasteiger partial charge in [-0.2, -0.15) is 0 Å². The summed E-state index contributed by atoms with van der Waals surface area (Å²) in [4.78, 5) is 27.8. The summed E-state index contributed by atoms with van der Waals surface area (Å²) in [5, 5.41) is 54.8. The summed E-state index contributed by atoms with van der Waals surface area (Å²) in [5.41, 5.74) is 0. The highest BCUT2D eigenvalue weighted by atomic mass is 16.7. The Morgan fingerprint density at radius 1 is 0.800 bits per heavy atom. The Morgan fingerprint density at radius 2 is 0.960 bits per heavy atom. The van der Waals surface area contributed by atoms with Gasteiger partial charge in [0.1, 0.15) is 0 Å². The maximum absolute atomic E-state index is 9.25. The summed E-state index contributed by atoms with van der Waals surface area (Å²) in [6, 6.07) is 0. The van der Waals surface area contributed by atoms with Crippen LogP contribution in [0.2, 0.25) is 0 Å². The van der Waals surface area contributed by atoms with Crippen molar-refractivity contribution >= 4 is 17.9 Å². The smallest absolute Gasteiger partial charge is 0.327 e. The van der Waals surface area contributed by atoms with Crippen LogP contribution in [-0.2, 0) is 14.4 Å². The maximum atomic E-state index is 9.25. The van der Waals surface area contributed by atoms with Crippen molar-refractivity contribution in [3.05, 3.63) is 38.0 Å². The first-order valence-electron chi connectivity index (χ1n) is 6.63. The second-order valence-corrected chi connectivity index (χ2v) is 3.47. The van der Waals surface area contributed by atoms with Crippen molar-refractivity contribution in [2.75, 3.05) is 6.61 Å². The molecule has 0 radical (unpaired) electrons. The molecule has 25 heavy (non-hydrogen) atoms. The molecule has 10 heteroatoms. The lowest BCUT2D eigenvalue weighted by molar-refractivity contribution is -0.314. The lowest BCUT2D eigenvalue weighted by Gasteiger charge is -2.10. The van der Waals surface area contributed by atoms with Crippen LogP contribution in [-0.4, -0.2) is 66.2 Å². The van der Waals surface area contributed by atoms with E-state index in [-0.39, 0.29) is 13.0 Å². The SMILES string of the molecule is C=CC(=O)O.C=CC(=O)O.C=CC(=O)O.CCCC(O)(O)O.CCO. The van der Waals surface area contributed by atoms with Crippen LogP contribution in [0.1, 0.15) is 26.7 Å². The van der Waals surface area contributed by atoms with Gasteiger partial charge in [0, 0.05) is 31.3 Å². The highest BCUT2D eigenvalue weighted by Gasteiger charge is 2.14. The summed E-state index contributed by atoms with van der Waals surface area (Å²) in [6.45, 7) is 12.6. The van der Waals surface area contributed by atoms with Crippen molar-refractivity contribution in [2.45, 2.75) is 32.7 Å². The molecule has 0 aromatic heterocycles. The molecule has 0 aromatic rings. The van der Waals surface area contributed by atoms with Crippen molar-refractivity contribution in [1.29, 1.82) is 0 Å². The van der Waals surface area contributed by atoms with Crippen LogP contribution in [0.4, 0.5) is 0 Å². The van der Waals surface area contributed by atoms with Crippen LogP contribution >= 0.6 is 0 Å².